The first-order valence-electron chi connectivity index (χ1n) is 7.21. The zero-order chi connectivity index (χ0) is 13.8. The Bertz CT molecular complexity index is 264. The van der Waals surface area contributed by atoms with Crippen molar-refractivity contribution >= 4 is 21.8 Å². The predicted octanol–water partition coefficient (Wildman–Crippen LogP) is 4.13. The van der Waals surface area contributed by atoms with Gasteiger partial charge in [-0.25, -0.2) is 0 Å². The summed E-state index contributed by atoms with van der Waals surface area (Å²) in [5.41, 5.74) is 0.394. The van der Waals surface area contributed by atoms with E-state index in [2.05, 4.69) is 48.9 Å². The third kappa shape index (κ3) is 4.91. The first-order valence-corrected chi connectivity index (χ1v) is 8.33. The van der Waals surface area contributed by atoms with Gasteiger partial charge in [0.05, 0.1) is 0 Å². The molecule has 18 heavy (non-hydrogen) atoms. The maximum Gasteiger partial charge on any atom is 0.223 e. The van der Waals surface area contributed by atoms with Crippen molar-refractivity contribution < 1.29 is 4.79 Å². The molecule has 0 aromatic rings. The molecule has 2 nitrogen and oxygen atoms in total. The van der Waals surface area contributed by atoms with Crippen LogP contribution in [-0.2, 0) is 4.79 Å². The van der Waals surface area contributed by atoms with Crippen molar-refractivity contribution in [1.82, 2.24) is 5.32 Å². The van der Waals surface area contributed by atoms with Crippen LogP contribution in [-0.4, -0.2) is 17.3 Å². The van der Waals surface area contributed by atoms with E-state index in [-0.39, 0.29) is 17.9 Å². The van der Waals surface area contributed by atoms with Crippen molar-refractivity contribution in [3.63, 3.8) is 0 Å². The number of halogens is 1. The summed E-state index contributed by atoms with van der Waals surface area (Å²) in [6, 6.07) is 0.289. The molecular formula is C15H28BrNO. The molecule has 1 atom stereocenters. The minimum Gasteiger partial charge on any atom is -0.353 e. The van der Waals surface area contributed by atoms with E-state index in [1.165, 1.54) is 12.8 Å². The van der Waals surface area contributed by atoms with E-state index >= 15 is 0 Å². The number of alkyl halides is 1. The summed E-state index contributed by atoms with van der Waals surface area (Å²) in [6.45, 7) is 9.03. The smallest absolute Gasteiger partial charge is 0.223 e. The zero-order valence-corrected chi connectivity index (χ0v) is 13.8. The minimum atomic E-state index is 0.251. The van der Waals surface area contributed by atoms with Gasteiger partial charge in [-0.2, -0.15) is 0 Å². The molecule has 0 aromatic heterocycles. The van der Waals surface area contributed by atoms with E-state index in [0.29, 0.717) is 5.41 Å². The fourth-order valence-corrected chi connectivity index (χ4v) is 3.50. The molecular weight excluding hydrogens is 290 g/mol. The highest BCUT2D eigenvalue weighted by Crippen LogP contribution is 2.39. The Morgan fingerprint density at radius 3 is 2.28 bits per heavy atom. The summed E-state index contributed by atoms with van der Waals surface area (Å²) in [7, 11) is 0. The van der Waals surface area contributed by atoms with E-state index in [4.69, 9.17) is 0 Å². The highest BCUT2D eigenvalue weighted by atomic mass is 79.9. The standard InChI is InChI=1S/C15H28BrNO/c1-11(9-10-16)17-14(18)12-5-7-13(8-6-12)15(2,3)4/h11-13H,5-10H2,1-4H3,(H,17,18). The molecule has 106 valence electrons. The van der Waals surface area contributed by atoms with Crippen LogP contribution in [0.25, 0.3) is 0 Å². The minimum absolute atomic E-state index is 0.251. The van der Waals surface area contributed by atoms with Gasteiger partial charge in [0.25, 0.3) is 0 Å². The van der Waals surface area contributed by atoms with Gasteiger partial charge in [-0.3, -0.25) is 4.79 Å². The molecule has 1 aliphatic rings. The van der Waals surface area contributed by atoms with Crippen LogP contribution in [0.1, 0.15) is 59.8 Å². The van der Waals surface area contributed by atoms with E-state index in [1.807, 2.05) is 0 Å². The lowest BCUT2D eigenvalue weighted by Gasteiger charge is -2.36. The van der Waals surface area contributed by atoms with Gasteiger partial charge in [-0.05, 0) is 50.4 Å². The number of rotatable bonds is 4. The van der Waals surface area contributed by atoms with Gasteiger partial charge in [-0.1, -0.05) is 36.7 Å². The van der Waals surface area contributed by atoms with Crippen LogP contribution in [0.4, 0.5) is 0 Å². The van der Waals surface area contributed by atoms with Gasteiger partial charge in [0, 0.05) is 17.3 Å². The van der Waals surface area contributed by atoms with Crippen molar-refractivity contribution in [2.75, 3.05) is 5.33 Å². The highest BCUT2D eigenvalue weighted by Gasteiger charge is 2.32. The normalized spacial score (nSPS) is 26.7. The molecule has 1 saturated carbocycles. The van der Waals surface area contributed by atoms with E-state index in [0.717, 1.165) is 30.5 Å². The molecule has 1 N–H and O–H groups in total. The third-order valence-electron chi connectivity index (χ3n) is 4.25. The lowest BCUT2D eigenvalue weighted by molar-refractivity contribution is -0.127. The van der Waals surface area contributed by atoms with Crippen molar-refractivity contribution in [3.8, 4) is 0 Å². The molecule has 1 rings (SSSR count). The van der Waals surface area contributed by atoms with Crippen LogP contribution >= 0.6 is 15.9 Å². The zero-order valence-electron chi connectivity index (χ0n) is 12.3. The highest BCUT2D eigenvalue weighted by molar-refractivity contribution is 9.09. The Balaban J connectivity index is 2.36. The quantitative estimate of drug-likeness (QED) is 0.776. The molecule has 1 unspecified atom stereocenters. The average Bonchev–Trinajstić information content (AvgIpc) is 2.28. The number of carbonyl (C=O) groups excluding carboxylic acids is 1. The Hall–Kier alpha value is -0.0500. The molecule has 0 heterocycles. The second-order valence-corrected chi connectivity index (χ2v) is 7.59. The SMILES string of the molecule is CC(CCBr)NC(=O)C1CCC(C(C)(C)C)CC1. The van der Waals surface area contributed by atoms with Crippen LogP contribution < -0.4 is 5.32 Å². The molecule has 1 fully saturated rings. The number of nitrogens with one attached hydrogen (secondary N) is 1. The first-order chi connectivity index (χ1) is 8.34. The van der Waals surface area contributed by atoms with Crippen molar-refractivity contribution in [3.05, 3.63) is 0 Å². The largest absolute Gasteiger partial charge is 0.353 e. The van der Waals surface area contributed by atoms with E-state index in [9.17, 15) is 4.79 Å². The van der Waals surface area contributed by atoms with Gasteiger partial charge in [0.1, 0.15) is 0 Å². The Morgan fingerprint density at radius 1 is 1.28 bits per heavy atom. The van der Waals surface area contributed by atoms with Crippen LogP contribution in [0, 0.1) is 17.3 Å². The second kappa shape index (κ2) is 6.93. The lowest BCUT2D eigenvalue weighted by Crippen LogP contribution is -2.39. The topological polar surface area (TPSA) is 29.1 Å². The van der Waals surface area contributed by atoms with Gasteiger partial charge in [0.15, 0.2) is 0 Å². The molecule has 0 bridgehead atoms. The number of carbonyl (C=O) groups is 1. The van der Waals surface area contributed by atoms with Crippen molar-refractivity contribution in [2.24, 2.45) is 17.3 Å². The molecule has 0 aromatic carbocycles. The summed E-state index contributed by atoms with van der Waals surface area (Å²) >= 11 is 3.41. The number of amides is 1. The Labute approximate surface area is 120 Å². The fourth-order valence-electron chi connectivity index (χ4n) is 2.82. The van der Waals surface area contributed by atoms with Gasteiger partial charge >= 0.3 is 0 Å². The Kier molecular flexibility index (Phi) is 6.16. The van der Waals surface area contributed by atoms with Crippen LogP contribution in [0.5, 0.6) is 0 Å². The lowest BCUT2D eigenvalue weighted by atomic mass is 9.69. The summed E-state index contributed by atoms with van der Waals surface area (Å²) in [6.07, 6.45) is 5.54. The molecule has 1 aliphatic carbocycles. The third-order valence-corrected chi connectivity index (χ3v) is 4.71. The van der Waals surface area contributed by atoms with Gasteiger partial charge in [-0.15, -0.1) is 0 Å². The summed E-state index contributed by atoms with van der Waals surface area (Å²) in [4.78, 5) is 12.1. The summed E-state index contributed by atoms with van der Waals surface area (Å²) in [5, 5.41) is 4.08. The summed E-state index contributed by atoms with van der Waals surface area (Å²) in [5.74, 6) is 1.30. The fraction of sp³-hybridized carbons (Fsp3) is 0.933. The predicted molar refractivity (Wildman–Crippen MR) is 80.9 cm³/mol. The monoisotopic (exact) mass is 317 g/mol. The van der Waals surface area contributed by atoms with Crippen LogP contribution in [0.3, 0.4) is 0 Å². The summed E-state index contributed by atoms with van der Waals surface area (Å²) < 4.78 is 0. The van der Waals surface area contributed by atoms with Crippen LogP contribution in [0.15, 0.2) is 0 Å². The molecule has 0 aliphatic heterocycles. The Morgan fingerprint density at radius 2 is 1.83 bits per heavy atom. The average molecular weight is 318 g/mol. The molecule has 0 saturated heterocycles. The second-order valence-electron chi connectivity index (χ2n) is 6.80. The van der Waals surface area contributed by atoms with Crippen molar-refractivity contribution in [1.29, 1.82) is 0 Å². The molecule has 1 amide bonds. The van der Waals surface area contributed by atoms with E-state index < -0.39 is 0 Å². The maximum atomic E-state index is 12.1. The number of hydrogen-bond acceptors (Lipinski definition) is 1. The maximum absolute atomic E-state index is 12.1. The molecule has 0 spiro atoms. The number of hydrogen-bond donors (Lipinski definition) is 1. The van der Waals surface area contributed by atoms with E-state index in [1.54, 1.807) is 0 Å². The van der Waals surface area contributed by atoms with Gasteiger partial charge in [0.2, 0.25) is 5.91 Å². The van der Waals surface area contributed by atoms with Crippen LogP contribution in [0.2, 0.25) is 0 Å². The first kappa shape index (κ1) is 16.0. The van der Waals surface area contributed by atoms with Gasteiger partial charge < -0.3 is 5.32 Å². The van der Waals surface area contributed by atoms with Crippen molar-refractivity contribution in [2.45, 2.75) is 65.8 Å². The molecule has 0 radical (unpaired) electrons. The molecule has 3 heteroatoms.